The highest BCUT2D eigenvalue weighted by molar-refractivity contribution is 7.85. The normalized spacial score (nSPS) is 11.5. The number of carboxylic acid groups (broad SMARTS) is 1. The van der Waals surface area contributed by atoms with Crippen LogP contribution in [0.2, 0.25) is 0 Å². The van der Waals surface area contributed by atoms with Crippen molar-refractivity contribution in [2.24, 2.45) is 0 Å². The number of nitrogens with one attached hydrogen (secondary N) is 1. The fourth-order valence-corrected chi connectivity index (χ4v) is 1.82. The van der Waals surface area contributed by atoms with Gasteiger partial charge in [0, 0.05) is 0 Å². The van der Waals surface area contributed by atoms with Gasteiger partial charge in [-0.15, -0.1) is 0 Å². The predicted molar refractivity (Wildman–Crippen MR) is 55.6 cm³/mol. The summed E-state index contributed by atoms with van der Waals surface area (Å²) in [5.41, 5.74) is 0. The molecule has 0 bridgehead atoms. The Balaban J connectivity index is 2.61. The summed E-state index contributed by atoms with van der Waals surface area (Å²) >= 11 is 0. The molecule has 2 N–H and O–H groups in total. The zero-order valence-electron chi connectivity index (χ0n) is 8.50. The van der Waals surface area contributed by atoms with Gasteiger partial charge in [0.2, 0.25) is 11.7 Å². The fourth-order valence-electron chi connectivity index (χ4n) is 0.937. The maximum Gasteiger partial charge on any atom is 0.371 e. The van der Waals surface area contributed by atoms with Crippen LogP contribution in [0.3, 0.4) is 0 Å². The molecule has 1 atom stereocenters. The molecule has 0 saturated carbocycles. The molecule has 1 rings (SSSR count). The molecule has 0 spiro atoms. The number of carboxylic acids is 1. The lowest BCUT2D eigenvalue weighted by Gasteiger charge is -1.98. The van der Waals surface area contributed by atoms with Gasteiger partial charge in [-0.3, -0.25) is 9.00 Å². The fraction of sp³-hybridized carbons (Fsp3) is 0.222. The van der Waals surface area contributed by atoms with Crippen molar-refractivity contribution in [1.29, 1.82) is 5.26 Å². The van der Waals surface area contributed by atoms with E-state index in [0.29, 0.717) is 0 Å². The maximum absolute atomic E-state index is 11.5. The van der Waals surface area contributed by atoms with Crippen LogP contribution in [0.25, 0.3) is 0 Å². The molecule has 0 aliphatic rings. The van der Waals surface area contributed by atoms with Gasteiger partial charge in [0.15, 0.2) is 5.09 Å². The smallest absolute Gasteiger partial charge is 0.371 e. The maximum atomic E-state index is 11.5. The Morgan fingerprint density at radius 2 is 2.24 bits per heavy atom. The Morgan fingerprint density at radius 1 is 1.53 bits per heavy atom. The van der Waals surface area contributed by atoms with E-state index < -0.39 is 22.7 Å². The summed E-state index contributed by atoms with van der Waals surface area (Å²) < 4.78 is 16.3. The van der Waals surface area contributed by atoms with Crippen molar-refractivity contribution in [1.82, 2.24) is 5.32 Å². The van der Waals surface area contributed by atoms with Gasteiger partial charge in [0.25, 0.3) is 0 Å². The average Bonchev–Trinajstić information content (AvgIpc) is 2.75. The minimum Gasteiger partial charge on any atom is -0.475 e. The quantitative estimate of drug-likeness (QED) is 0.699. The highest BCUT2D eigenvalue weighted by Gasteiger charge is 2.16. The van der Waals surface area contributed by atoms with Gasteiger partial charge >= 0.3 is 5.97 Å². The van der Waals surface area contributed by atoms with E-state index in [0.717, 1.165) is 6.07 Å². The lowest BCUT2D eigenvalue weighted by Crippen LogP contribution is -2.28. The van der Waals surface area contributed by atoms with Crippen LogP contribution in [-0.2, 0) is 15.6 Å². The summed E-state index contributed by atoms with van der Waals surface area (Å²) in [6.45, 7) is -0.172. The van der Waals surface area contributed by atoms with Crippen molar-refractivity contribution < 1.29 is 23.3 Å². The number of nitriles is 1. The summed E-state index contributed by atoms with van der Waals surface area (Å²) in [5.74, 6) is -2.57. The van der Waals surface area contributed by atoms with Gasteiger partial charge in [-0.1, -0.05) is 0 Å². The van der Waals surface area contributed by atoms with E-state index in [1.807, 2.05) is 0 Å². The molecule has 1 aromatic rings. The largest absolute Gasteiger partial charge is 0.475 e. The van der Waals surface area contributed by atoms with Crippen LogP contribution in [0, 0.1) is 11.3 Å². The van der Waals surface area contributed by atoms with E-state index in [9.17, 15) is 13.8 Å². The number of rotatable bonds is 5. The molecule has 8 heteroatoms. The van der Waals surface area contributed by atoms with E-state index in [1.54, 1.807) is 6.07 Å². The van der Waals surface area contributed by atoms with Crippen molar-refractivity contribution in [3.8, 4) is 6.07 Å². The van der Waals surface area contributed by atoms with Gasteiger partial charge in [-0.25, -0.2) is 4.79 Å². The Bertz CT molecular complexity index is 502. The third kappa shape index (κ3) is 3.73. The van der Waals surface area contributed by atoms with Crippen LogP contribution < -0.4 is 5.32 Å². The van der Waals surface area contributed by atoms with Crippen molar-refractivity contribution in [3.05, 3.63) is 17.9 Å². The molecular formula is C9H8N2O5S. The van der Waals surface area contributed by atoms with E-state index in [2.05, 4.69) is 5.32 Å². The average molecular weight is 256 g/mol. The molecule has 0 radical (unpaired) electrons. The second kappa shape index (κ2) is 5.81. The topological polar surface area (TPSA) is 120 Å². The molecule has 1 heterocycles. The predicted octanol–water partition coefficient (Wildman–Crippen LogP) is -0.275. The van der Waals surface area contributed by atoms with Gasteiger partial charge in [-0.2, -0.15) is 5.26 Å². The molecule has 0 aliphatic carbocycles. The van der Waals surface area contributed by atoms with Crippen molar-refractivity contribution in [2.75, 3.05) is 12.3 Å². The lowest BCUT2D eigenvalue weighted by molar-refractivity contribution is -0.118. The first-order chi connectivity index (χ1) is 8.04. The van der Waals surface area contributed by atoms with E-state index in [4.69, 9.17) is 14.8 Å². The van der Waals surface area contributed by atoms with Crippen LogP contribution in [0.4, 0.5) is 0 Å². The molecule has 1 unspecified atom stereocenters. The third-order valence-corrected chi connectivity index (χ3v) is 2.84. The number of carbonyl (C=O) groups is 2. The monoisotopic (exact) mass is 256 g/mol. The summed E-state index contributed by atoms with van der Waals surface area (Å²) in [5, 5.41) is 18.9. The van der Waals surface area contributed by atoms with Crippen LogP contribution in [0.5, 0.6) is 0 Å². The SMILES string of the molecule is N#CCNC(=O)CS(=O)c1ccc(C(=O)O)o1. The number of amides is 1. The van der Waals surface area contributed by atoms with Gasteiger partial charge in [0.05, 0.1) is 16.9 Å². The Hall–Kier alpha value is -2.14. The molecule has 1 aromatic heterocycles. The number of nitrogens with zero attached hydrogens (tertiary/aromatic N) is 1. The number of aromatic carboxylic acids is 1. The molecule has 0 fully saturated rings. The van der Waals surface area contributed by atoms with Gasteiger partial charge < -0.3 is 14.8 Å². The summed E-state index contributed by atoms with van der Waals surface area (Å²) in [4.78, 5) is 21.6. The minimum atomic E-state index is -1.76. The molecule has 0 aliphatic heterocycles. The van der Waals surface area contributed by atoms with E-state index >= 15 is 0 Å². The summed E-state index contributed by atoms with van der Waals surface area (Å²) in [6.07, 6.45) is 0. The zero-order chi connectivity index (χ0) is 12.8. The van der Waals surface area contributed by atoms with E-state index in [1.165, 1.54) is 6.07 Å². The Labute approximate surface area is 98.5 Å². The standard InChI is InChI=1S/C9H8N2O5S/c10-3-4-11-7(12)5-17(15)8-2-1-6(16-8)9(13)14/h1-2H,4-5H2,(H,11,12)(H,13,14). The second-order valence-corrected chi connectivity index (χ2v) is 4.23. The number of carbonyl (C=O) groups excluding carboxylic acids is 1. The molecule has 7 nitrogen and oxygen atoms in total. The number of hydrogen-bond acceptors (Lipinski definition) is 5. The first kappa shape index (κ1) is 12.9. The van der Waals surface area contributed by atoms with Gasteiger partial charge in [-0.05, 0) is 12.1 Å². The van der Waals surface area contributed by atoms with Crippen molar-refractivity contribution in [2.45, 2.75) is 5.09 Å². The second-order valence-electron chi connectivity index (χ2n) is 2.85. The summed E-state index contributed by atoms with van der Waals surface area (Å²) in [7, 11) is -1.76. The lowest BCUT2D eigenvalue weighted by atomic mass is 10.5. The van der Waals surface area contributed by atoms with Crippen molar-refractivity contribution >= 4 is 22.7 Å². The highest BCUT2D eigenvalue weighted by Crippen LogP contribution is 2.12. The first-order valence-electron chi connectivity index (χ1n) is 4.39. The Morgan fingerprint density at radius 3 is 2.76 bits per heavy atom. The zero-order valence-corrected chi connectivity index (χ0v) is 9.32. The molecular weight excluding hydrogens is 248 g/mol. The van der Waals surface area contributed by atoms with Crippen LogP contribution in [0.1, 0.15) is 10.6 Å². The van der Waals surface area contributed by atoms with Crippen LogP contribution >= 0.6 is 0 Å². The highest BCUT2D eigenvalue weighted by atomic mass is 32.2. The van der Waals surface area contributed by atoms with Crippen molar-refractivity contribution in [3.63, 3.8) is 0 Å². The van der Waals surface area contributed by atoms with Crippen LogP contribution in [0.15, 0.2) is 21.6 Å². The number of hydrogen-bond donors (Lipinski definition) is 2. The minimum absolute atomic E-state index is 0.0884. The molecule has 1 amide bonds. The summed E-state index contributed by atoms with van der Waals surface area (Å²) in [6, 6.07) is 4.09. The molecule has 90 valence electrons. The Kier molecular flexibility index (Phi) is 4.42. The molecule has 17 heavy (non-hydrogen) atoms. The first-order valence-corrected chi connectivity index (χ1v) is 5.71. The molecule has 0 aromatic carbocycles. The van der Waals surface area contributed by atoms with Crippen LogP contribution in [-0.4, -0.2) is 33.5 Å². The van der Waals surface area contributed by atoms with Gasteiger partial charge in [0.1, 0.15) is 12.3 Å². The van der Waals surface area contributed by atoms with E-state index in [-0.39, 0.29) is 23.2 Å². The number of furan rings is 1. The molecule has 0 saturated heterocycles. The third-order valence-electron chi connectivity index (χ3n) is 1.64.